The van der Waals surface area contributed by atoms with Gasteiger partial charge in [-0.15, -0.1) is 0 Å². The van der Waals surface area contributed by atoms with Gasteiger partial charge >= 0.3 is 23.9 Å². The van der Waals surface area contributed by atoms with Gasteiger partial charge in [0.25, 0.3) is 0 Å². The first kappa shape index (κ1) is 56.4. The van der Waals surface area contributed by atoms with E-state index in [0.29, 0.717) is 56.9 Å². The fraction of sp³-hybridized carbons (Fsp3) is 0.759. The van der Waals surface area contributed by atoms with E-state index in [0.717, 1.165) is 37.7 Å². The molecule has 15 heteroatoms. The van der Waals surface area contributed by atoms with E-state index in [-0.39, 0.29) is 66.8 Å². The maximum Gasteiger partial charge on any atom is 0.306 e. The Hall–Kier alpha value is -4.37. The minimum absolute atomic E-state index is 0.0220. The Morgan fingerprint density at radius 2 is 1.44 bits per heavy atom. The normalized spacial score (nSPS) is 40.8. The smallest absolute Gasteiger partial charge is 0.306 e. The number of carbonyl (C=O) groups is 8. The van der Waals surface area contributed by atoms with Crippen LogP contribution in [0.5, 0.6) is 0 Å². The molecule has 2 N–H and O–H groups in total. The number of aliphatic hydroxyl groups is 2. The van der Waals surface area contributed by atoms with Gasteiger partial charge in [0, 0.05) is 60.2 Å². The molecule has 0 spiro atoms. The lowest BCUT2D eigenvalue weighted by Crippen LogP contribution is -2.70. The molecule has 14 nitrogen and oxygen atoms in total. The van der Waals surface area contributed by atoms with Crippen LogP contribution >= 0.6 is 0 Å². The van der Waals surface area contributed by atoms with Gasteiger partial charge in [-0.1, -0.05) is 79.0 Å². The number of fused-ring (bicyclic) bond motifs is 10. The minimum Gasteiger partial charge on any atom is -0.459 e. The summed E-state index contributed by atoms with van der Waals surface area (Å²) in [5, 5.41) is 21.3. The van der Waals surface area contributed by atoms with Crippen LogP contribution in [0.15, 0.2) is 35.5 Å². The highest BCUT2D eigenvalue weighted by Gasteiger charge is 2.78. The molecule has 6 saturated carbocycles. The molecule has 15 atom stereocenters. The highest BCUT2D eigenvalue weighted by atomic mass is 19.1. The van der Waals surface area contributed by atoms with Crippen molar-refractivity contribution in [3.05, 3.63) is 35.5 Å². The van der Waals surface area contributed by atoms with E-state index in [9.17, 15) is 48.6 Å². The summed E-state index contributed by atoms with van der Waals surface area (Å²) in [5.41, 5.74) is -6.54. The first-order valence-electron chi connectivity index (χ1n) is 27.4. The van der Waals surface area contributed by atoms with Crippen LogP contribution < -0.4 is 0 Å². The molecule has 6 fully saturated rings. The van der Waals surface area contributed by atoms with Gasteiger partial charge in [0.2, 0.25) is 11.6 Å². The number of alkyl halides is 1. The number of allylic oxidation sites excluding steroid dienone is 5. The second-order valence-electron chi connectivity index (χ2n) is 23.7. The van der Waals surface area contributed by atoms with Gasteiger partial charge in [0.05, 0.1) is 6.10 Å². The zero-order valence-electron chi connectivity index (χ0n) is 44.7. The monoisotopic (exact) mass is 1020 g/mol. The molecule has 0 saturated heterocycles. The Kier molecular flexibility index (Phi) is 16.2. The molecule has 8 rings (SSSR count). The van der Waals surface area contributed by atoms with E-state index in [1.807, 2.05) is 34.6 Å². The van der Waals surface area contributed by atoms with E-state index < -0.39 is 112 Å². The van der Waals surface area contributed by atoms with Crippen LogP contribution in [0.25, 0.3) is 0 Å². The lowest BCUT2D eigenvalue weighted by molar-refractivity contribution is -0.236. The number of unbranched alkanes of at least 4 members (excludes halogenated alkanes) is 1. The van der Waals surface area contributed by atoms with E-state index in [4.69, 9.17) is 18.9 Å². The molecule has 0 aromatic carbocycles. The number of rotatable bonds is 15. The van der Waals surface area contributed by atoms with E-state index >= 15 is 4.39 Å². The van der Waals surface area contributed by atoms with E-state index in [2.05, 4.69) is 6.92 Å². The predicted octanol–water partition coefficient (Wildman–Crippen LogP) is 8.69. The van der Waals surface area contributed by atoms with Gasteiger partial charge < -0.3 is 29.2 Å². The first-order chi connectivity index (χ1) is 34.4. The molecule has 8 aliphatic rings. The molecule has 8 aliphatic carbocycles. The first-order valence-corrected chi connectivity index (χ1v) is 27.4. The van der Waals surface area contributed by atoms with Crippen molar-refractivity contribution in [2.75, 3.05) is 13.2 Å². The number of Topliss-reactive ketones (excluding diaryl/α,β-unsaturated/α-hetero) is 2. The quantitative estimate of drug-likeness (QED) is 0.116. The van der Waals surface area contributed by atoms with Crippen molar-refractivity contribution in [2.45, 2.75) is 207 Å². The van der Waals surface area contributed by atoms with Crippen molar-refractivity contribution in [3.63, 3.8) is 0 Å². The fourth-order valence-electron chi connectivity index (χ4n) is 16.6. The molecule has 73 heavy (non-hydrogen) atoms. The van der Waals surface area contributed by atoms with Gasteiger partial charge in [-0.25, -0.2) is 4.39 Å². The third-order valence-corrected chi connectivity index (χ3v) is 20.1. The Morgan fingerprint density at radius 1 is 0.740 bits per heavy atom. The number of aliphatic hydroxyl groups excluding tert-OH is 2. The van der Waals surface area contributed by atoms with Crippen molar-refractivity contribution < 1.29 is 71.9 Å². The number of hydrogen-bond donors (Lipinski definition) is 2. The standard InChI is InChI=1S/C33H45FO8.C25H36O6/c1-7-10-11-29(39)41-26-18-31(6)24(23-13-12-21-17-22(35)14-15-30(21,5)32(23,26)34)16-20(4)33(31,42-28(38)9-3)25(36)19-40-27(37)8-2;1-4-5-21(30)31-25(20(29)14-26)11-9-18-17-7-6-15-12-16(27)8-10-23(15,2)22(17)19(28)13-24(18,25)3/h14-15,17,20,23-24,26H,7-13,16,18-19H2,1-6H3;12,17-19,22,26,28H,4-11,13-14H2,1-3H3/t20-,23-,24-,26-,30-,31-,32?,33-;17-,18-,19-,22+,23-,24-,25-/m00/s1. The van der Waals surface area contributed by atoms with Crippen LogP contribution in [0.1, 0.15) is 178 Å². The largest absolute Gasteiger partial charge is 0.459 e. The predicted molar refractivity (Wildman–Crippen MR) is 266 cm³/mol. The van der Waals surface area contributed by atoms with E-state index in [1.54, 1.807) is 32.9 Å². The molecule has 0 aliphatic heterocycles. The zero-order chi connectivity index (χ0) is 53.7. The highest BCUT2D eigenvalue weighted by Crippen LogP contribution is 2.73. The van der Waals surface area contributed by atoms with Gasteiger partial charge in [-0.05, 0) is 131 Å². The van der Waals surface area contributed by atoms with Crippen molar-refractivity contribution >= 4 is 47.0 Å². The number of hydrogen-bond acceptors (Lipinski definition) is 14. The number of esters is 4. The zero-order valence-corrected chi connectivity index (χ0v) is 44.7. The van der Waals surface area contributed by atoms with Crippen molar-refractivity contribution in [1.29, 1.82) is 0 Å². The average Bonchev–Trinajstić information content (AvgIpc) is 3.76. The number of carbonyl (C=O) groups excluding carboxylic acids is 8. The molecule has 0 heterocycles. The molecule has 0 aromatic heterocycles. The maximum atomic E-state index is 18.3. The van der Waals surface area contributed by atoms with Crippen LogP contribution in [0.4, 0.5) is 4.39 Å². The lowest BCUT2D eigenvalue weighted by Gasteiger charge is -2.63. The van der Waals surface area contributed by atoms with Crippen molar-refractivity contribution in [3.8, 4) is 0 Å². The maximum absolute atomic E-state index is 18.3. The molecule has 0 bridgehead atoms. The van der Waals surface area contributed by atoms with Crippen molar-refractivity contribution in [1.82, 2.24) is 0 Å². The summed E-state index contributed by atoms with van der Waals surface area (Å²) >= 11 is 0. The Balaban J connectivity index is 0.000000223. The molecule has 0 radical (unpaired) electrons. The number of ether oxygens (including phenoxy) is 4. The summed E-state index contributed by atoms with van der Waals surface area (Å²) in [5.74, 6) is -4.31. The van der Waals surface area contributed by atoms with Gasteiger partial charge in [-0.2, -0.15) is 0 Å². The van der Waals surface area contributed by atoms with Crippen LogP contribution in [-0.4, -0.2) is 99.5 Å². The number of ketones is 4. The second kappa shape index (κ2) is 21.0. The second-order valence-corrected chi connectivity index (χ2v) is 23.7. The summed E-state index contributed by atoms with van der Waals surface area (Å²) in [7, 11) is 0. The Bertz CT molecular complexity index is 2340. The topological polar surface area (TPSA) is 214 Å². The van der Waals surface area contributed by atoms with Crippen LogP contribution in [0, 0.1) is 57.2 Å². The fourth-order valence-corrected chi connectivity index (χ4v) is 16.6. The molecule has 0 aromatic rings. The minimum atomic E-state index is -2.07. The van der Waals surface area contributed by atoms with Crippen LogP contribution in [0.2, 0.25) is 0 Å². The molecule has 404 valence electrons. The molecule has 1 unspecified atom stereocenters. The average molecular weight is 1020 g/mol. The Morgan fingerprint density at radius 3 is 2.10 bits per heavy atom. The summed E-state index contributed by atoms with van der Waals surface area (Å²) in [4.78, 5) is 102. The third-order valence-electron chi connectivity index (χ3n) is 20.1. The Labute approximate surface area is 430 Å². The van der Waals surface area contributed by atoms with Crippen LogP contribution in [0.3, 0.4) is 0 Å². The molecular weight excluding hydrogens is 940 g/mol. The summed E-state index contributed by atoms with van der Waals surface area (Å²) in [6.07, 6.45) is 12.5. The SMILES string of the molecule is CCCC(=O)O[C@]1(C(=O)CO)CC[C@H]2[C@@H]3CCC4=CC(=O)CC[C@]4(C)[C@H]3[C@@H](O)C[C@@]21C.CCCCC(=O)O[C@H]1C[C@@]2(C)[C@@H](C[C@H](C)[C@]2(OC(=O)CC)C(=O)COC(=O)CC)[C@@H]2CCC3=CC(=O)C=C[C@]3(C)C12F. The third kappa shape index (κ3) is 8.93. The highest BCUT2D eigenvalue weighted by molar-refractivity contribution is 6.01. The van der Waals surface area contributed by atoms with Gasteiger partial charge in [0.15, 0.2) is 35.0 Å². The van der Waals surface area contributed by atoms with Gasteiger partial charge in [0.1, 0.15) is 12.7 Å². The number of halogens is 1. The molecule has 0 amide bonds. The summed E-state index contributed by atoms with van der Waals surface area (Å²) < 4.78 is 41.6. The molecular formula is C58H81FO14. The van der Waals surface area contributed by atoms with Gasteiger partial charge in [-0.3, -0.25) is 38.4 Å². The van der Waals surface area contributed by atoms with Crippen LogP contribution in [-0.2, 0) is 57.3 Å². The lowest BCUT2D eigenvalue weighted by atomic mass is 9.44. The van der Waals surface area contributed by atoms with E-state index in [1.165, 1.54) is 12.2 Å². The summed E-state index contributed by atoms with van der Waals surface area (Å²) in [6, 6.07) is 0. The van der Waals surface area contributed by atoms with Crippen molar-refractivity contribution in [2.24, 2.45) is 57.2 Å². The summed E-state index contributed by atoms with van der Waals surface area (Å²) in [6.45, 7) is 15.4.